The van der Waals surface area contributed by atoms with E-state index in [0.29, 0.717) is 11.6 Å². The molecule has 2 aliphatic rings. The minimum atomic E-state index is 0.371. The van der Waals surface area contributed by atoms with E-state index < -0.39 is 0 Å². The highest BCUT2D eigenvalue weighted by molar-refractivity contribution is 8.14. The first-order chi connectivity index (χ1) is 5.68. The average molecular weight is 184 g/mol. The van der Waals surface area contributed by atoms with Gasteiger partial charge in [0.25, 0.3) is 0 Å². The van der Waals surface area contributed by atoms with Crippen molar-refractivity contribution in [2.24, 2.45) is 4.99 Å². The number of nitrogens with zero attached hydrogens (tertiary/aromatic N) is 1. The van der Waals surface area contributed by atoms with Crippen LogP contribution in [0, 0.1) is 0 Å². The summed E-state index contributed by atoms with van der Waals surface area (Å²) >= 11 is 1.87. The maximum absolute atomic E-state index is 4.52. The van der Waals surface area contributed by atoms with Crippen molar-refractivity contribution in [2.75, 3.05) is 5.75 Å². The van der Waals surface area contributed by atoms with Crippen molar-refractivity contribution in [3.63, 3.8) is 0 Å². The molecule has 2 rings (SSSR count). The largest absolute Gasteiger partial charge is 0.360 e. The van der Waals surface area contributed by atoms with Gasteiger partial charge in [-0.2, -0.15) is 0 Å². The van der Waals surface area contributed by atoms with Gasteiger partial charge in [0.15, 0.2) is 5.17 Å². The number of nitrogens with one attached hydrogen (secondary N) is 1. The molecule has 0 aromatic carbocycles. The molecule has 0 aromatic rings. The number of rotatable bonds is 1. The highest BCUT2D eigenvalue weighted by Crippen LogP contribution is 2.32. The number of amidine groups is 1. The smallest absolute Gasteiger partial charge is 0.157 e. The molecule has 0 saturated heterocycles. The van der Waals surface area contributed by atoms with Crippen LogP contribution in [0.5, 0.6) is 0 Å². The average Bonchev–Trinajstić information content (AvgIpc) is 2.32. The van der Waals surface area contributed by atoms with Crippen LogP contribution in [0.3, 0.4) is 0 Å². The lowest BCUT2D eigenvalue weighted by Gasteiger charge is -2.39. The van der Waals surface area contributed by atoms with Crippen molar-refractivity contribution in [3.05, 3.63) is 0 Å². The van der Waals surface area contributed by atoms with Gasteiger partial charge in [-0.3, -0.25) is 4.99 Å². The van der Waals surface area contributed by atoms with E-state index in [-0.39, 0.29) is 0 Å². The summed E-state index contributed by atoms with van der Waals surface area (Å²) < 4.78 is 0. The molecule has 1 unspecified atom stereocenters. The highest BCUT2D eigenvalue weighted by Gasteiger charge is 2.33. The predicted octanol–water partition coefficient (Wildman–Crippen LogP) is 2.01. The maximum atomic E-state index is 4.52. The van der Waals surface area contributed by atoms with E-state index in [9.17, 15) is 0 Å². The molecule has 12 heavy (non-hydrogen) atoms. The quantitative estimate of drug-likeness (QED) is 0.674. The summed E-state index contributed by atoms with van der Waals surface area (Å²) in [5.74, 6) is 1.15. The van der Waals surface area contributed by atoms with Crippen LogP contribution >= 0.6 is 11.8 Å². The lowest BCUT2D eigenvalue weighted by atomic mass is 9.79. The fourth-order valence-corrected chi connectivity index (χ4v) is 2.68. The summed E-state index contributed by atoms with van der Waals surface area (Å²) in [5, 5.41) is 4.71. The summed E-state index contributed by atoms with van der Waals surface area (Å²) in [7, 11) is 0. The molecule has 1 heterocycles. The van der Waals surface area contributed by atoms with Gasteiger partial charge in [-0.15, -0.1) is 0 Å². The van der Waals surface area contributed by atoms with Crippen molar-refractivity contribution in [3.8, 4) is 0 Å². The molecular formula is C9H16N2S. The number of hydrogen-bond donors (Lipinski definition) is 1. The third-order valence-electron chi connectivity index (χ3n) is 2.66. The summed E-state index contributed by atoms with van der Waals surface area (Å²) in [5.41, 5.74) is 0.371. The first kappa shape index (κ1) is 8.42. The van der Waals surface area contributed by atoms with Crippen LogP contribution in [0.15, 0.2) is 4.99 Å². The van der Waals surface area contributed by atoms with Crippen LogP contribution in [-0.4, -0.2) is 22.5 Å². The van der Waals surface area contributed by atoms with Gasteiger partial charge in [-0.05, 0) is 33.1 Å². The Morgan fingerprint density at radius 3 is 2.75 bits per heavy atom. The molecule has 1 aliphatic carbocycles. The first-order valence-corrected chi connectivity index (χ1v) is 5.65. The van der Waals surface area contributed by atoms with Gasteiger partial charge in [0.1, 0.15) is 0 Å². The topological polar surface area (TPSA) is 24.4 Å². The molecule has 0 aromatic heterocycles. The lowest BCUT2D eigenvalue weighted by Crippen LogP contribution is -2.49. The van der Waals surface area contributed by atoms with Crippen LogP contribution in [0.4, 0.5) is 0 Å². The molecule has 0 spiro atoms. The lowest BCUT2D eigenvalue weighted by molar-refractivity contribution is 0.245. The van der Waals surface area contributed by atoms with E-state index >= 15 is 0 Å². The summed E-state index contributed by atoms with van der Waals surface area (Å²) in [6.07, 6.45) is 3.99. The molecular weight excluding hydrogens is 168 g/mol. The fraction of sp³-hybridized carbons (Fsp3) is 0.889. The van der Waals surface area contributed by atoms with Crippen molar-refractivity contribution in [2.45, 2.75) is 44.7 Å². The standard InChI is InChI=1S/C9H16N2S/c1-7-6-12-8(10-7)11-9(2)4-3-5-9/h7H,3-6H2,1-2H3,(H,10,11). The van der Waals surface area contributed by atoms with Crippen LogP contribution in [0.2, 0.25) is 0 Å². The van der Waals surface area contributed by atoms with E-state index in [1.54, 1.807) is 0 Å². The van der Waals surface area contributed by atoms with Crippen molar-refractivity contribution >= 4 is 16.9 Å². The van der Waals surface area contributed by atoms with E-state index in [1.807, 2.05) is 11.8 Å². The van der Waals surface area contributed by atoms with Gasteiger partial charge in [0.05, 0.1) is 6.04 Å². The minimum absolute atomic E-state index is 0.371. The van der Waals surface area contributed by atoms with Gasteiger partial charge >= 0.3 is 0 Å². The SMILES string of the molecule is CC1CSC(NC2(C)CCC2)=N1. The van der Waals surface area contributed by atoms with Crippen LogP contribution < -0.4 is 5.32 Å². The number of thioether (sulfide) groups is 1. The molecule has 1 saturated carbocycles. The molecule has 2 nitrogen and oxygen atoms in total. The Bertz CT molecular complexity index is 209. The van der Waals surface area contributed by atoms with Gasteiger partial charge in [-0.25, -0.2) is 0 Å². The van der Waals surface area contributed by atoms with E-state index in [1.165, 1.54) is 24.4 Å². The van der Waals surface area contributed by atoms with Crippen LogP contribution in [-0.2, 0) is 0 Å². The first-order valence-electron chi connectivity index (χ1n) is 4.67. The Balaban J connectivity index is 1.90. The molecule has 0 bridgehead atoms. The van der Waals surface area contributed by atoms with Crippen LogP contribution in [0.25, 0.3) is 0 Å². The zero-order chi connectivity index (χ0) is 8.60. The van der Waals surface area contributed by atoms with E-state index in [4.69, 9.17) is 0 Å². The maximum Gasteiger partial charge on any atom is 0.157 e. The predicted molar refractivity (Wildman–Crippen MR) is 54.7 cm³/mol. The Kier molecular flexibility index (Phi) is 2.07. The van der Waals surface area contributed by atoms with Gasteiger partial charge in [0, 0.05) is 11.3 Å². The number of aliphatic imine (C=N–C) groups is 1. The Hall–Kier alpha value is -0.180. The summed E-state index contributed by atoms with van der Waals surface area (Å²) in [4.78, 5) is 4.52. The second kappa shape index (κ2) is 2.95. The van der Waals surface area contributed by atoms with Gasteiger partial charge < -0.3 is 5.32 Å². The van der Waals surface area contributed by atoms with Crippen molar-refractivity contribution < 1.29 is 0 Å². The Morgan fingerprint density at radius 1 is 1.58 bits per heavy atom. The molecule has 1 fully saturated rings. The van der Waals surface area contributed by atoms with E-state index in [0.717, 1.165) is 5.75 Å². The molecule has 1 N–H and O–H groups in total. The zero-order valence-corrected chi connectivity index (χ0v) is 8.58. The molecule has 68 valence electrons. The fourth-order valence-electron chi connectivity index (χ4n) is 1.63. The highest BCUT2D eigenvalue weighted by atomic mass is 32.2. The van der Waals surface area contributed by atoms with Gasteiger partial charge in [-0.1, -0.05) is 11.8 Å². The summed E-state index contributed by atoms with van der Waals surface area (Å²) in [6.45, 7) is 4.47. The Morgan fingerprint density at radius 2 is 2.33 bits per heavy atom. The van der Waals surface area contributed by atoms with Crippen molar-refractivity contribution in [1.82, 2.24) is 5.32 Å². The second-order valence-electron chi connectivity index (χ2n) is 4.13. The second-order valence-corrected chi connectivity index (χ2v) is 5.14. The third-order valence-corrected chi connectivity index (χ3v) is 3.79. The third kappa shape index (κ3) is 1.60. The van der Waals surface area contributed by atoms with Gasteiger partial charge in [0.2, 0.25) is 0 Å². The zero-order valence-electron chi connectivity index (χ0n) is 7.76. The van der Waals surface area contributed by atoms with Crippen molar-refractivity contribution in [1.29, 1.82) is 0 Å². The molecule has 1 aliphatic heterocycles. The normalized spacial score (nSPS) is 32.5. The number of hydrogen-bond acceptors (Lipinski definition) is 3. The molecule has 3 heteroatoms. The van der Waals surface area contributed by atoms with E-state index in [2.05, 4.69) is 24.2 Å². The monoisotopic (exact) mass is 184 g/mol. The molecule has 0 radical (unpaired) electrons. The molecule has 0 amide bonds. The summed E-state index contributed by atoms with van der Waals surface area (Å²) in [6, 6.07) is 0.515. The Labute approximate surface area is 78.2 Å². The van der Waals surface area contributed by atoms with Crippen LogP contribution in [0.1, 0.15) is 33.1 Å². The minimum Gasteiger partial charge on any atom is -0.360 e. The molecule has 1 atom stereocenters.